The summed E-state index contributed by atoms with van der Waals surface area (Å²) in [7, 11) is 0. The molecule has 0 saturated carbocycles. The minimum absolute atomic E-state index is 0.0139. The summed E-state index contributed by atoms with van der Waals surface area (Å²) in [6.07, 6.45) is 1.70. The minimum Gasteiger partial charge on any atom is -0.454 e. The van der Waals surface area contributed by atoms with E-state index in [2.05, 4.69) is 18.8 Å². The maximum atomic E-state index is 13.4. The fourth-order valence-corrected chi connectivity index (χ4v) is 3.37. The molecule has 0 N–H and O–H groups in total. The van der Waals surface area contributed by atoms with Crippen LogP contribution in [0.3, 0.4) is 0 Å². The number of pyridine rings is 1. The Kier molecular flexibility index (Phi) is 4.67. The fourth-order valence-electron chi connectivity index (χ4n) is 3.37. The lowest BCUT2D eigenvalue weighted by atomic mass is 10.1. The smallest absolute Gasteiger partial charge is 0.254 e. The molecule has 0 unspecified atom stereocenters. The number of fused-ring (bicyclic) bond motifs is 2. The Morgan fingerprint density at radius 2 is 1.93 bits per heavy atom. The van der Waals surface area contributed by atoms with E-state index in [1.165, 1.54) is 0 Å². The number of benzene rings is 2. The Hall–Kier alpha value is -3.08. The first-order valence-corrected chi connectivity index (χ1v) is 9.13. The van der Waals surface area contributed by atoms with Crippen LogP contribution in [0.5, 0.6) is 11.5 Å². The molecule has 0 saturated heterocycles. The predicted octanol–water partition coefficient (Wildman–Crippen LogP) is 4.26. The molecule has 1 aliphatic rings. The van der Waals surface area contributed by atoms with Crippen LogP contribution < -0.4 is 9.47 Å². The van der Waals surface area contributed by atoms with E-state index in [1.807, 2.05) is 47.4 Å². The quantitative estimate of drug-likeness (QED) is 0.680. The van der Waals surface area contributed by atoms with Gasteiger partial charge in [0.15, 0.2) is 11.5 Å². The van der Waals surface area contributed by atoms with Crippen LogP contribution >= 0.6 is 0 Å². The number of aromatic nitrogens is 1. The van der Waals surface area contributed by atoms with Crippen molar-refractivity contribution in [1.29, 1.82) is 0 Å². The van der Waals surface area contributed by atoms with Gasteiger partial charge in [0.1, 0.15) is 0 Å². The molecule has 0 spiro atoms. The van der Waals surface area contributed by atoms with Crippen LogP contribution in [0.2, 0.25) is 0 Å². The van der Waals surface area contributed by atoms with Gasteiger partial charge in [-0.2, -0.15) is 0 Å². The molecular formula is C22H22N2O3. The molecule has 1 amide bonds. The van der Waals surface area contributed by atoms with Gasteiger partial charge in [0.25, 0.3) is 5.91 Å². The number of amides is 1. The van der Waals surface area contributed by atoms with Crippen LogP contribution in [0, 0.1) is 5.92 Å². The monoisotopic (exact) mass is 362 g/mol. The van der Waals surface area contributed by atoms with Gasteiger partial charge in [-0.3, -0.25) is 9.78 Å². The van der Waals surface area contributed by atoms with E-state index in [4.69, 9.17) is 9.47 Å². The topological polar surface area (TPSA) is 51.7 Å². The highest BCUT2D eigenvalue weighted by Crippen LogP contribution is 2.33. The third kappa shape index (κ3) is 3.58. The molecule has 5 heteroatoms. The Labute approximate surface area is 158 Å². The molecule has 27 heavy (non-hydrogen) atoms. The summed E-state index contributed by atoms with van der Waals surface area (Å²) >= 11 is 0. The second-order valence-corrected chi connectivity index (χ2v) is 7.14. The predicted molar refractivity (Wildman–Crippen MR) is 104 cm³/mol. The zero-order valence-electron chi connectivity index (χ0n) is 15.5. The van der Waals surface area contributed by atoms with Crippen molar-refractivity contribution in [2.45, 2.75) is 20.4 Å². The number of carbonyl (C=O) groups excluding carboxylic acids is 1. The van der Waals surface area contributed by atoms with Gasteiger partial charge >= 0.3 is 0 Å². The number of carbonyl (C=O) groups is 1. The molecule has 3 aromatic rings. The molecule has 0 atom stereocenters. The number of ether oxygens (including phenoxy) is 2. The van der Waals surface area contributed by atoms with Gasteiger partial charge in [0.2, 0.25) is 6.79 Å². The van der Waals surface area contributed by atoms with Crippen molar-refractivity contribution in [2.75, 3.05) is 13.3 Å². The Balaban J connectivity index is 1.66. The molecule has 2 heterocycles. The van der Waals surface area contributed by atoms with Gasteiger partial charge in [-0.1, -0.05) is 38.1 Å². The van der Waals surface area contributed by atoms with Gasteiger partial charge in [-0.15, -0.1) is 0 Å². The molecule has 0 fully saturated rings. The molecule has 0 bridgehead atoms. The van der Waals surface area contributed by atoms with Crippen molar-refractivity contribution < 1.29 is 14.3 Å². The SMILES string of the molecule is CC(C)CN(Cc1ccc2c(c1)OCO2)C(=O)c1ccnc2ccccc12. The number of hydrogen-bond acceptors (Lipinski definition) is 4. The van der Waals surface area contributed by atoms with Gasteiger partial charge in [0, 0.05) is 24.7 Å². The summed E-state index contributed by atoms with van der Waals surface area (Å²) in [6.45, 7) is 5.67. The Morgan fingerprint density at radius 3 is 2.78 bits per heavy atom. The van der Waals surface area contributed by atoms with Crippen LogP contribution in [0.1, 0.15) is 29.8 Å². The van der Waals surface area contributed by atoms with Gasteiger partial charge < -0.3 is 14.4 Å². The van der Waals surface area contributed by atoms with Gasteiger partial charge in [0.05, 0.1) is 11.1 Å². The molecule has 1 aliphatic heterocycles. The average Bonchev–Trinajstić information content (AvgIpc) is 3.14. The van der Waals surface area contributed by atoms with Crippen LogP contribution in [0.4, 0.5) is 0 Å². The van der Waals surface area contributed by atoms with Crippen molar-refractivity contribution in [3.8, 4) is 11.5 Å². The molecule has 5 nitrogen and oxygen atoms in total. The highest BCUT2D eigenvalue weighted by Gasteiger charge is 2.21. The van der Waals surface area contributed by atoms with E-state index in [-0.39, 0.29) is 12.7 Å². The Bertz CT molecular complexity index is 979. The number of rotatable bonds is 5. The molecule has 1 aromatic heterocycles. The van der Waals surface area contributed by atoms with E-state index in [0.29, 0.717) is 24.6 Å². The lowest BCUT2D eigenvalue weighted by Gasteiger charge is -2.25. The lowest BCUT2D eigenvalue weighted by Crippen LogP contribution is -2.34. The van der Waals surface area contributed by atoms with E-state index in [9.17, 15) is 4.79 Å². The molecule has 0 aliphatic carbocycles. The minimum atomic E-state index is 0.0139. The first-order chi connectivity index (χ1) is 13.1. The normalized spacial score (nSPS) is 12.6. The van der Waals surface area contributed by atoms with Crippen LogP contribution in [-0.4, -0.2) is 29.1 Å². The summed E-state index contributed by atoms with van der Waals surface area (Å²) in [4.78, 5) is 19.6. The number of nitrogens with zero attached hydrogens (tertiary/aromatic N) is 2. The molecule has 4 rings (SSSR count). The van der Waals surface area contributed by atoms with E-state index in [0.717, 1.165) is 28.0 Å². The van der Waals surface area contributed by atoms with E-state index >= 15 is 0 Å². The zero-order valence-corrected chi connectivity index (χ0v) is 15.5. The molecule has 0 radical (unpaired) electrons. The maximum absolute atomic E-state index is 13.4. The van der Waals surface area contributed by atoms with Crippen molar-refractivity contribution in [2.24, 2.45) is 5.92 Å². The molecule has 2 aromatic carbocycles. The second kappa shape index (κ2) is 7.27. The summed E-state index contributed by atoms with van der Waals surface area (Å²) in [6, 6.07) is 15.4. The van der Waals surface area contributed by atoms with Crippen LogP contribution in [0.25, 0.3) is 10.9 Å². The van der Waals surface area contributed by atoms with Crippen LogP contribution in [0.15, 0.2) is 54.7 Å². The standard InChI is InChI=1S/C22H22N2O3/c1-15(2)12-24(13-16-7-8-20-21(11-16)27-14-26-20)22(25)18-9-10-23-19-6-4-3-5-17(18)19/h3-11,15H,12-14H2,1-2H3. The summed E-state index contributed by atoms with van der Waals surface area (Å²) in [5.41, 5.74) is 2.53. The number of hydrogen-bond donors (Lipinski definition) is 0. The van der Waals surface area contributed by atoms with Gasteiger partial charge in [-0.25, -0.2) is 0 Å². The van der Waals surface area contributed by atoms with Crippen molar-refractivity contribution >= 4 is 16.8 Å². The van der Waals surface area contributed by atoms with Gasteiger partial charge in [-0.05, 0) is 35.7 Å². The third-order valence-electron chi connectivity index (χ3n) is 4.56. The first-order valence-electron chi connectivity index (χ1n) is 9.13. The zero-order chi connectivity index (χ0) is 18.8. The Morgan fingerprint density at radius 1 is 1.11 bits per heavy atom. The van der Waals surface area contributed by atoms with Crippen molar-refractivity contribution in [3.05, 3.63) is 65.9 Å². The molecular weight excluding hydrogens is 340 g/mol. The van der Waals surface area contributed by atoms with Crippen molar-refractivity contribution in [3.63, 3.8) is 0 Å². The fraction of sp³-hybridized carbons (Fsp3) is 0.273. The lowest BCUT2D eigenvalue weighted by molar-refractivity contribution is 0.0724. The third-order valence-corrected chi connectivity index (χ3v) is 4.56. The molecule has 138 valence electrons. The van der Waals surface area contributed by atoms with Crippen LogP contribution in [-0.2, 0) is 6.54 Å². The maximum Gasteiger partial charge on any atom is 0.254 e. The van der Waals surface area contributed by atoms with Crippen molar-refractivity contribution in [1.82, 2.24) is 9.88 Å². The average molecular weight is 362 g/mol. The summed E-state index contributed by atoms with van der Waals surface area (Å²) in [5.74, 6) is 1.86. The second-order valence-electron chi connectivity index (χ2n) is 7.14. The van der Waals surface area contributed by atoms with E-state index in [1.54, 1.807) is 12.3 Å². The van der Waals surface area contributed by atoms with E-state index < -0.39 is 0 Å². The highest BCUT2D eigenvalue weighted by atomic mass is 16.7. The summed E-state index contributed by atoms with van der Waals surface area (Å²) in [5, 5.41) is 0.879. The first kappa shape index (κ1) is 17.3. The summed E-state index contributed by atoms with van der Waals surface area (Å²) < 4.78 is 10.8. The largest absolute Gasteiger partial charge is 0.454 e. The highest BCUT2D eigenvalue weighted by molar-refractivity contribution is 6.05. The number of para-hydroxylation sites is 1.